The SMILES string of the molecule is CC(C)(C)c1ccc(C(=O)Nc2ccc(N3CCOCC3)c(Cl)c2)cc1. The maximum atomic E-state index is 12.5. The van der Waals surface area contributed by atoms with Crippen LogP contribution in [0.4, 0.5) is 11.4 Å². The molecule has 0 bridgehead atoms. The molecule has 1 aliphatic heterocycles. The number of carbonyl (C=O) groups is 1. The Hall–Kier alpha value is -2.04. The Kier molecular flexibility index (Phi) is 5.54. The molecule has 1 heterocycles. The zero-order valence-electron chi connectivity index (χ0n) is 15.5. The van der Waals surface area contributed by atoms with E-state index in [1.165, 1.54) is 5.56 Å². The van der Waals surface area contributed by atoms with Crippen LogP contribution in [0.2, 0.25) is 5.02 Å². The van der Waals surface area contributed by atoms with Crippen LogP contribution in [0.5, 0.6) is 0 Å². The lowest BCUT2D eigenvalue weighted by Crippen LogP contribution is -2.36. The lowest BCUT2D eigenvalue weighted by molar-refractivity contribution is 0.102. The number of hydrogen-bond acceptors (Lipinski definition) is 3. The molecule has 2 aromatic rings. The summed E-state index contributed by atoms with van der Waals surface area (Å²) in [6, 6.07) is 13.4. The van der Waals surface area contributed by atoms with Gasteiger partial charge in [-0.1, -0.05) is 44.5 Å². The van der Waals surface area contributed by atoms with Crippen LogP contribution in [0.3, 0.4) is 0 Å². The fraction of sp³-hybridized carbons (Fsp3) is 0.381. The Bertz CT molecular complexity index is 776. The third-order valence-corrected chi connectivity index (χ3v) is 4.87. The Morgan fingerprint density at radius 1 is 1.08 bits per heavy atom. The van der Waals surface area contributed by atoms with E-state index in [4.69, 9.17) is 16.3 Å². The summed E-state index contributed by atoms with van der Waals surface area (Å²) in [7, 11) is 0. The number of hydrogen-bond donors (Lipinski definition) is 1. The second-order valence-electron chi connectivity index (χ2n) is 7.55. The van der Waals surface area contributed by atoms with Crippen LogP contribution in [0.15, 0.2) is 42.5 Å². The zero-order valence-corrected chi connectivity index (χ0v) is 16.3. The van der Waals surface area contributed by atoms with Crippen molar-refractivity contribution in [1.29, 1.82) is 0 Å². The highest BCUT2D eigenvalue weighted by molar-refractivity contribution is 6.33. The molecule has 4 nitrogen and oxygen atoms in total. The molecule has 0 aromatic heterocycles. The number of carbonyl (C=O) groups excluding carboxylic acids is 1. The van der Waals surface area contributed by atoms with Crippen molar-refractivity contribution in [2.24, 2.45) is 0 Å². The van der Waals surface area contributed by atoms with Crippen molar-refractivity contribution in [1.82, 2.24) is 0 Å². The van der Waals surface area contributed by atoms with E-state index in [9.17, 15) is 4.79 Å². The molecule has 0 radical (unpaired) electrons. The van der Waals surface area contributed by atoms with Crippen molar-refractivity contribution in [3.8, 4) is 0 Å². The summed E-state index contributed by atoms with van der Waals surface area (Å²) in [6.07, 6.45) is 0. The van der Waals surface area contributed by atoms with Gasteiger partial charge >= 0.3 is 0 Å². The number of morpholine rings is 1. The summed E-state index contributed by atoms with van der Waals surface area (Å²) in [5.74, 6) is -0.138. The molecule has 0 aliphatic carbocycles. The monoisotopic (exact) mass is 372 g/mol. The number of nitrogens with zero attached hydrogens (tertiary/aromatic N) is 1. The van der Waals surface area contributed by atoms with Gasteiger partial charge in [-0.25, -0.2) is 0 Å². The summed E-state index contributed by atoms with van der Waals surface area (Å²) in [5, 5.41) is 3.55. The van der Waals surface area contributed by atoms with E-state index >= 15 is 0 Å². The molecule has 1 saturated heterocycles. The molecule has 138 valence electrons. The van der Waals surface area contributed by atoms with Gasteiger partial charge in [0, 0.05) is 24.3 Å². The maximum Gasteiger partial charge on any atom is 0.255 e. The molecule has 1 aliphatic rings. The van der Waals surface area contributed by atoms with Crippen molar-refractivity contribution in [3.63, 3.8) is 0 Å². The third-order valence-electron chi connectivity index (χ3n) is 4.57. The summed E-state index contributed by atoms with van der Waals surface area (Å²) in [6.45, 7) is 9.52. The van der Waals surface area contributed by atoms with Gasteiger partial charge in [0.25, 0.3) is 5.91 Å². The number of amides is 1. The standard InChI is InChI=1S/C21H25ClN2O2/c1-21(2,3)16-6-4-15(5-7-16)20(25)23-17-8-9-19(18(22)14-17)24-10-12-26-13-11-24/h4-9,14H,10-13H2,1-3H3,(H,23,25). The summed E-state index contributed by atoms with van der Waals surface area (Å²) in [5.41, 5.74) is 3.57. The van der Waals surface area contributed by atoms with E-state index in [0.29, 0.717) is 29.5 Å². The van der Waals surface area contributed by atoms with Gasteiger partial charge < -0.3 is 15.0 Å². The third kappa shape index (κ3) is 4.37. The van der Waals surface area contributed by atoms with E-state index in [1.807, 2.05) is 36.4 Å². The number of rotatable bonds is 3. The molecule has 26 heavy (non-hydrogen) atoms. The average molecular weight is 373 g/mol. The second-order valence-corrected chi connectivity index (χ2v) is 7.95. The molecular formula is C21H25ClN2O2. The summed E-state index contributed by atoms with van der Waals surface area (Å²) in [4.78, 5) is 14.7. The normalized spacial score (nSPS) is 15.0. The van der Waals surface area contributed by atoms with Gasteiger partial charge in [0.2, 0.25) is 0 Å². The highest BCUT2D eigenvalue weighted by Gasteiger charge is 2.16. The van der Waals surface area contributed by atoms with Crippen molar-refractivity contribution in [2.75, 3.05) is 36.5 Å². The molecule has 1 amide bonds. The van der Waals surface area contributed by atoms with Crippen molar-refractivity contribution in [2.45, 2.75) is 26.2 Å². The fourth-order valence-electron chi connectivity index (χ4n) is 2.97. The van der Waals surface area contributed by atoms with E-state index in [-0.39, 0.29) is 11.3 Å². The molecule has 0 saturated carbocycles. The van der Waals surface area contributed by atoms with Crippen LogP contribution in [-0.4, -0.2) is 32.2 Å². The van der Waals surface area contributed by atoms with E-state index in [0.717, 1.165) is 18.8 Å². The average Bonchev–Trinajstić information content (AvgIpc) is 2.62. The van der Waals surface area contributed by atoms with Gasteiger partial charge in [-0.05, 0) is 41.3 Å². The smallest absolute Gasteiger partial charge is 0.255 e. The lowest BCUT2D eigenvalue weighted by atomic mass is 9.87. The number of halogens is 1. The van der Waals surface area contributed by atoms with Crippen LogP contribution >= 0.6 is 11.6 Å². The number of ether oxygens (including phenoxy) is 1. The number of benzene rings is 2. The summed E-state index contributed by atoms with van der Waals surface area (Å²) < 4.78 is 5.37. The molecule has 5 heteroatoms. The highest BCUT2D eigenvalue weighted by Crippen LogP contribution is 2.30. The second kappa shape index (κ2) is 7.68. The first-order valence-electron chi connectivity index (χ1n) is 8.89. The predicted molar refractivity (Wildman–Crippen MR) is 108 cm³/mol. The molecule has 0 unspecified atom stereocenters. The topological polar surface area (TPSA) is 41.6 Å². The first-order chi connectivity index (χ1) is 12.3. The van der Waals surface area contributed by atoms with E-state index in [2.05, 4.69) is 31.0 Å². The van der Waals surface area contributed by atoms with Crippen LogP contribution in [0.25, 0.3) is 0 Å². The van der Waals surface area contributed by atoms with Gasteiger partial charge in [-0.15, -0.1) is 0 Å². The Morgan fingerprint density at radius 3 is 2.31 bits per heavy atom. The zero-order chi connectivity index (χ0) is 18.7. The van der Waals surface area contributed by atoms with E-state index < -0.39 is 0 Å². The Balaban J connectivity index is 1.70. The number of nitrogens with one attached hydrogen (secondary N) is 1. The first kappa shape index (κ1) is 18.7. The molecule has 3 rings (SSSR count). The minimum Gasteiger partial charge on any atom is -0.378 e. The van der Waals surface area contributed by atoms with Crippen LogP contribution in [0.1, 0.15) is 36.7 Å². The van der Waals surface area contributed by atoms with Crippen molar-refractivity contribution >= 4 is 28.9 Å². The lowest BCUT2D eigenvalue weighted by Gasteiger charge is -2.29. The molecule has 2 aromatic carbocycles. The van der Waals surface area contributed by atoms with Crippen LogP contribution in [-0.2, 0) is 10.2 Å². The molecule has 0 atom stereocenters. The highest BCUT2D eigenvalue weighted by atomic mass is 35.5. The minimum atomic E-state index is -0.138. The minimum absolute atomic E-state index is 0.0673. The van der Waals surface area contributed by atoms with Gasteiger partial charge in [0.05, 0.1) is 23.9 Å². The van der Waals surface area contributed by atoms with Crippen molar-refractivity contribution in [3.05, 3.63) is 58.6 Å². The fourth-order valence-corrected chi connectivity index (χ4v) is 3.27. The van der Waals surface area contributed by atoms with Crippen LogP contribution in [0, 0.1) is 0 Å². The van der Waals surface area contributed by atoms with Crippen LogP contribution < -0.4 is 10.2 Å². The quantitative estimate of drug-likeness (QED) is 0.847. The van der Waals surface area contributed by atoms with Gasteiger partial charge in [-0.3, -0.25) is 4.79 Å². The molecule has 1 N–H and O–H groups in total. The Labute approximate surface area is 160 Å². The predicted octanol–water partition coefficient (Wildman–Crippen LogP) is 4.73. The largest absolute Gasteiger partial charge is 0.378 e. The van der Waals surface area contributed by atoms with E-state index in [1.54, 1.807) is 6.07 Å². The molecule has 1 fully saturated rings. The van der Waals surface area contributed by atoms with Gasteiger partial charge in [0.1, 0.15) is 0 Å². The molecular weight excluding hydrogens is 348 g/mol. The van der Waals surface area contributed by atoms with Gasteiger partial charge in [0.15, 0.2) is 0 Å². The first-order valence-corrected chi connectivity index (χ1v) is 9.26. The Morgan fingerprint density at radius 2 is 1.73 bits per heavy atom. The summed E-state index contributed by atoms with van der Waals surface area (Å²) >= 11 is 6.43. The van der Waals surface area contributed by atoms with Gasteiger partial charge in [-0.2, -0.15) is 0 Å². The maximum absolute atomic E-state index is 12.5. The number of anilines is 2. The van der Waals surface area contributed by atoms with Crippen molar-refractivity contribution < 1.29 is 9.53 Å². The molecule has 0 spiro atoms.